The smallest absolute Gasteiger partial charge is 0.370 e. The minimum Gasteiger partial charge on any atom is -0.370 e. The number of anilines is 1. The number of nitrogens with one attached hydrogen (secondary N) is 1. The first kappa shape index (κ1) is 16.7. The van der Waals surface area contributed by atoms with Gasteiger partial charge in [0.25, 0.3) is 0 Å². The van der Waals surface area contributed by atoms with Gasteiger partial charge in [0.15, 0.2) is 5.82 Å². The molecule has 7 heteroatoms. The minimum atomic E-state index is -4.33. The lowest BCUT2D eigenvalue weighted by Gasteiger charge is -2.13. The van der Waals surface area contributed by atoms with Crippen molar-refractivity contribution in [3.8, 4) is 0 Å². The third-order valence-corrected chi connectivity index (χ3v) is 2.67. The molecule has 114 valence electrons. The van der Waals surface area contributed by atoms with Crippen molar-refractivity contribution in [2.45, 2.75) is 46.4 Å². The minimum absolute atomic E-state index is 0.242. The van der Waals surface area contributed by atoms with Crippen LogP contribution < -0.4 is 5.32 Å². The Morgan fingerprint density at radius 1 is 1.20 bits per heavy atom. The van der Waals surface area contributed by atoms with Crippen LogP contribution >= 0.6 is 0 Å². The van der Waals surface area contributed by atoms with Crippen LogP contribution in [0.5, 0.6) is 0 Å². The van der Waals surface area contributed by atoms with E-state index in [1.165, 1.54) is 0 Å². The van der Waals surface area contributed by atoms with Gasteiger partial charge in [0.05, 0.1) is 0 Å². The van der Waals surface area contributed by atoms with Crippen molar-refractivity contribution in [1.82, 2.24) is 9.97 Å². The van der Waals surface area contributed by atoms with Crippen LogP contribution in [0, 0.1) is 6.92 Å². The lowest BCUT2D eigenvalue weighted by molar-refractivity contribution is -0.177. The lowest BCUT2D eigenvalue weighted by atomic mass is 10.2. The van der Waals surface area contributed by atoms with Gasteiger partial charge in [-0.3, -0.25) is 0 Å². The van der Waals surface area contributed by atoms with E-state index in [9.17, 15) is 13.2 Å². The summed E-state index contributed by atoms with van der Waals surface area (Å²) in [7, 11) is 0. The summed E-state index contributed by atoms with van der Waals surface area (Å²) in [5.74, 6) is 0.944. The monoisotopic (exact) mass is 291 g/mol. The molecule has 0 aromatic carbocycles. The van der Waals surface area contributed by atoms with E-state index in [1.54, 1.807) is 0 Å². The quantitative estimate of drug-likeness (QED) is 0.837. The third kappa shape index (κ3) is 5.32. The summed E-state index contributed by atoms with van der Waals surface area (Å²) in [5, 5.41) is 3.16. The van der Waals surface area contributed by atoms with Gasteiger partial charge in [-0.15, -0.1) is 0 Å². The molecule has 1 aromatic heterocycles. The Bertz CT molecular complexity index is 436. The molecule has 0 radical (unpaired) electrons. The molecule has 1 N–H and O–H groups in total. The number of aryl methyl sites for hydroxylation is 1. The standard InChI is InChI=1S/C13H20F3N3O/c1-4-6-17-12-9(3)10(5-2)18-11(19-12)7-20-8-13(14,15)16/h4-8H2,1-3H3,(H,17,18,19). The van der Waals surface area contributed by atoms with Gasteiger partial charge in [-0.2, -0.15) is 13.2 Å². The molecule has 0 atom stereocenters. The molecule has 4 nitrogen and oxygen atoms in total. The number of aromatic nitrogens is 2. The Kier molecular flexibility index (Phi) is 6.19. The maximum Gasteiger partial charge on any atom is 0.411 e. The number of ether oxygens (including phenoxy) is 1. The average molecular weight is 291 g/mol. The Hall–Kier alpha value is -1.37. The van der Waals surface area contributed by atoms with Crippen LogP contribution in [-0.2, 0) is 17.8 Å². The molecule has 0 fully saturated rings. The molecule has 0 unspecified atom stereocenters. The number of halogens is 3. The Balaban J connectivity index is 2.80. The third-order valence-electron chi connectivity index (χ3n) is 2.67. The van der Waals surface area contributed by atoms with Gasteiger partial charge < -0.3 is 10.1 Å². The highest BCUT2D eigenvalue weighted by Crippen LogP contribution is 2.18. The number of rotatable bonds is 7. The van der Waals surface area contributed by atoms with E-state index >= 15 is 0 Å². The van der Waals surface area contributed by atoms with E-state index in [0.717, 1.165) is 24.2 Å². The summed E-state index contributed by atoms with van der Waals surface area (Å²) in [5.41, 5.74) is 1.75. The van der Waals surface area contributed by atoms with Crippen molar-refractivity contribution < 1.29 is 17.9 Å². The fraction of sp³-hybridized carbons (Fsp3) is 0.692. The predicted octanol–water partition coefficient (Wildman–Crippen LogP) is 3.25. The first-order valence-corrected chi connectivity index (χ1v) is 6.62. The Morgan fingerprint density at radius 2 is 1.90 bits per heavy atom. The molecule has 0 amide bonds. The van der Waals surface area contributed by atoms with E-state index in [2.05, 4.69) is 20.0 Å². The van der Waals surface area contributed by atoms with Crippen molar-refractivity contribution in [2.75, 3.05) is 18.5 Å². The number of nitrogens with zero attached hydrogens (tertiary/aromatic N) is 2. The molecular weight excluding hydrogens is 271 g/mol. The highest BCUT2D eigenvalue weighted by Gasteiger charge is 2.27. The number of hydrogen-bond acceptors (Lipinski definition) is 4. The lowest BCUT2D eigenvalue weighted by Crippen LogP contribution is -2.18. The van der Waals surface area contributed by atoms with Gasteiger partial charge in [-0.25, -0.2) is 9.97 Å². The van der Waals surface area contributed by atoms with E-state index < -0.39 is 12.8 Å². The fourth-order valence-corrected chi connectivity index (χ4v) is 1.70. The van der Waals surface area contributed by atoms with Crippen molar-refractivity contribution in [1.29, 1.82) is 0 Å². The Morgan fingerprint density at radius 3 is 2.45 bits per heavy atom. The number of alkyl halides is 3. The average Bonchev–Trinajstić information content (AvgIpc) is 2.37. The normalized spacial score (nSPS) is 11.7. The maximum absolute atomic E-state index is 12.0. The molecular formula is C13H20F3N3O. The Labute approximate surface area is 116 Å². The zero-order valence-corrected chi connectivity index (χ0v) is 12.0. The van der Waals surface area contributed by atoms with Gasteiger partial charge in [-0.05, 0) is 19.8 Å². The summed E-state index contributed by atoms with van der Waals surface area (Å²) in [4.78, 5) is 8.46. The second-order valence-corrected chi connectivity index (χ2v) is 4.45. The van der Waals surface area contributed by atoms with Gasteiger partial charge in [0.1, 0.15) is 19.0 Å². The molecule has 20 heavy (non-hydrogen) atoms. The highest BCUT2D eigenvalue weighted by atomic mass is 19.4. The second-order valence-electron chi connectivity index (χ2n) is 4.45. The van der Waals surface area contributed by atoms with Crippen LogP contribution in [0.1, 0.15) is 37.4 Å². The molecule has 0 bridgehead atoms. The van der Waals surface area contributed by atoms with Crippen LogP contribution in [0.2, 0.25) is 0 Å². The molecule has 0 saturated carbocycles. The van der Waals surface area contributed by atoms with Crippen LogP contribution in [-0.4, -0.2) is 29.3 Å². The van der Waals surface area contributed by atoms with E-state index in [4.69, 9.17) is 0 Å². The van der Waals surface area contributed by atoms with Crippen molar-refractivity contribution >= 4 is 5.82 Å². The zero-order valence-electron chi connectivity index (χ0n) is 12.0. The zero-order chi connectivity index (χ0) is 15.2. The van der Waals surface area contributed by atoms with E-state index in [-0.39, 0.29) is 12.4 Å². The van der Waals surface area contributed by atoms with Crippen LogP contribution in [0.25, 0.3) is 0 Å². The fourth-order valence-electron chi connectivity index (χ4n) is 1.70. The largest absolute Gasteiger partial charge is 0.411 e. The second kappa shape index (κ2) is 7.42. The first-order chi connectivity index (χ1) is 9.37. The van der Waals surface area contributed by atoms with E-state index in [1.807, 2.05) is 20.8 Å². The van der Waals surface area contributed by atoms with E-state index in [0.29, 0.717) is 12.2 Å². The summed E-state index contributed by atoms with van der Waals surface area (Å²) >= 11 is 0. The molecule has 1 heterocycles. The molecule has 1 aromatic rings. The molecule has 0 aliphatic rings. The molecule has 0 saturated heterocycles. The van der Waals surface area contributed by atoms with Crippen molar-refractivity contribution in [2.24, 2.45) is 0 Å². The molecule has 0 aliphatic heterocycles. The first-order valence-electron chi connectivity index (χ1n) is 6.62. The van der Waals surface area contributed by atoms with Gasteiger partial charge in [-0.1, -0.05) is 13.8 Å². The van der Waals surface area contributed by atoms with Gasteiger partial charge in [0.2, 0.25) is 0 Å². The summed E-state index contributed by atoms with van der Waals surface area (Å²) in [6.07, 6.45) is -2.70. The molecule has 0 spiro atoms. The van der Waals surface area contributed by atoms with Crippen molar-refractivity contribution in [3.63, 3.8) is 0 Å². The topological polar surface area (TPSA) is 47.0 Å². The maximum atomic E-state index is 12.0. The SMILES string of the molecule is CCCNc1nc(COCC(F)(F)F)nc(CC)c1C. The van der Waals surface area contributed by atoms with Crippen LogP contribution in [0.3, 0.4) is 0 Å². The molecule has 0 aliphatic carbocycles. The summed E-state index contributed by atoms with van der Waals surface area (Å²) in [6.45, 7) is 5.09. The predicted molar refractivity (Wildman–Crippen MR) is 70.6 cm³/mol. The summed E-state index contributed by atoms with van der Waals surface area (Å²) < 4.78 is 40.7. The number of hydrogen-bond donors (Lipinski definition) is 1. The highest BCUT2D eigenvalue weighted by molar-refractivity contribution is 5.45. The van der Waals surface area contributed by atoms with Crippen molar-refractivity contribution in [3.05, 3.63) is 17.1 Å². The van der Waals surface area contributed by atoms with Gasteiger partial charge >= 0.3 is 6.18 Å². The molecule has 1 rings (SSSR count). The van der Waals surface area contributed by atoms with Crippen LogP contribution in [0.4, 0.5) is 19.0 Å². The van der Waals surface area contributed by atoms with Crippen LogP contribution in [0.15, 0.2) is 0 Å². The van der Waals surface area contributed by atoms with Gasteiger partial charge in [0, 0.05) is 17.8 Å². The summed E-state index contributed by atoms with van der Waals surface area (Å²) in [6, 6.07) is 0.